The summed E-state index contributed by atoms with van der Waals surface area (Å²) in [5.74, 6) is -0.738. The highest BCUT2D eigenvalue weighted by Crippen LogP contribution is 2.28. The number of carboxylic acids is 1. The smallest absolute Gasteiger partial charge is 0.322 e. The predicted octanol–water partition coefficient (Wildman–Crippen LogP) is 2.24. The standard InChI is InChI=1S/C13H18BrNO5S/c1-13(2,3)11(12(16)17)15-21(18,19)8-5-6-10(20-4)9(14)7-8/h5-7,11,15H,1-4H3,(H,16,17)/t11-/m0/s1. The number of methoxy groups -OCH3 is 1. The summed E-state index contributed by atoms with van der Waals surface area (Å²) in [6.45, 7) is 4.95. The maximum atomic E-state index is 12.3. The molecule has 0 unspecified atom stereocenters. The molecular formula is C13H18BrNO5S. The number of nitrogens with one attached hydrogen (secondary N) is 1. The van der Waals surface area contributed by atoms with E-state index in [0.717, 1.165) is 0 Å². The average Bonchev–Trinajstić information content (AvgIpc) is 2.34. The average molecular weight is 380 g/mol. The molecule has 2 N–H and O–H groups in total. The number of rotatable bonds is 5. The molecule has 118 valence electrons. The fourth-order valence-corrected chi connectivity index (χ4v) is 3.75. The molecule has 1 rings (SSSR count). The van der Waals surface area contributed by atoms with Crippen molar-refractivity contribution in [3.63, 3.8) is 0 Å². The zero-order valence-electron chi connectivity index (χ0n) is 12.2. The molecule has 0 heterocycles. The molecule has 0 fully saturated rings. The number of sulfonamides is 1. The Hall–Kier alpha value is -1.12. The Bertz CT molecular complexity index is 636. The van der Waals surface area contributed by atoms with E-state index in [-0.39, 0.29) is 4.90 Å². The van der Waals surface area contributed by atoms with E-state index >= 15 is 0 Å². The highest BCUT2D eigenvalue weighted by atomic mass is 79.9. The van der Waals surface area contributed by atoms with Crippen LogP contribution in [0.25, 0.3) is 0 Å². The maximum absolute atomic E-state index is 12.3. The van der Waals surface area contributed by atoms with Crippen molar-refractivity contribution < 1.29 is 23.1 Å². The van der Waals surface area contributed by atoms with Crippen LogP contribution in [0.2, 0.25) is 0 Å². The number of ether oxygens (including phenoxy) is 1. The van der Waals surface area contributed by atoms with Crippen molar-refractivity contribution in [1.82, 2.24) is 4.72 Å². The van der Waals surface area contributed by atoms with Crippen molar-refractivity contribution in [1.29, 1.82) is 0 Å². The van der Waals surface area contributed by atoms with Gasteiger partial charge in [-0.15, -0.1) is 0 Å². The van der Waals surface area contributed by atoms with Gasteiger partial charge >= 0.3 is 5.97 Å². The quantitative estimate of drug-likeness (QED) is 0.817. The second kappa shape index (κ2) is 6.33. The molecule has 21 heavy (non-hydrogen) atoms. The van der Waals surface area contributed by atoms with Crippen molar-refractivity contribution in [2.75, 3.05) is 7.11 Å². The molecule has 1 atom stereocenters. The van der Waals surface area contributed by atoms with Crippen LogP contribution in [0.15, 0.2) is 27.6 Å². The minimum Gasteiger partial charge on any atom is -0.496 e. The van der Waals surface area contributed by atoms with Gasteiger partial charge in [0.15, 0.2) is 0 Å². The molecule has 0 aliphatic heterocycles. The summed E-state index contributed by atoms with van der Waals surface area (Å²) in [5.41, 5.74) is -0.761. The molecule has 6 nitrogen and oxygen atoms in total. The zero-order valence-corrected chi connectivity index (χ0v) is 14.6. The number of halogens is 1. The molecule has 0 aliphatic carbocycles. The number of hydrogen-bond donors (Lipinski definition) is 2. The second-order valence-electron chi connectivity index (χ2n) is 5.55. The molecule has 0 spiro atoms. The van der Waals surface area contributed by atoms with Crippen LogP contribution in [0.1, 0.15) is 20.8 Å². The van der Waals surface area contributed by atoms with Crippen molar-refractivity contribution in [3.8, 4) is 5.75 Å². The fraction of sp³-hybridized carbons (Fsp3) is 0.462. The van der Waals surface area contributed by atoms with Crippen molar-refractivity contribution >= 4 is 31.9 Å². The van der Waals surface area contributed by atoms with E-state index in [9.17, 15) is 18.3 Å². The molecule has 0 aromatic heterocycles. The van der Waals surface area contributed by atoms with Crippen molar-refractivity contribution in [2.45, 2.75) is 31.7 Å². The first kappa shape index (κ1) is 17.9. The van der Waals surface area contributed by atoms with Gasteiger partial charge in [-0.3, -0.25) is 4.79 Å². The summed E-state index contributed by atoms with van der Waals surface area (Å²) in [7, 11) is -2.49. The molecule has 0 bridgehead atoms. The SMILES string of the molecule is COc1ccc(S(=O)(=O)N[C@@H](C(=O)O)C(C)(C)C)cc1Br. The summed E-state index contributed by atoms with van der Waals surface area (Å²) in [6.07, 6.45) is 0. The van der Waals surface area contributed by atoms with Crippen LogP contribution in [0.5, 0.6) is 5.75 Å². The van der Waals surface area contributed by atoms with Crippen molar-refractivity contribution in [2.24, 2.45) is 5.41 Å². The van der Waals surface area contributed by atoms with Gasteiger partial charge in [-0.2, -0.15) is 4.72 Å². The topological polar surface area (TPSA) is 92.7 Å². The number of benzene rings is 1. The Morgan fingerprint density at radius 1 is 1.38 bits per heavy atom. The van der Waals surface area contributed by atoms with E-state index in [1.165, 1.54) is 25.3 Å². The van der Waals surface area contributed by atoms with E-state index < -0.39 is 27.4 Å². The Kier molecular flexibility index (Phi) is 5.40. The largest absolute Gasteiger partial charge is 0.496 e. The molecular weight excluding hydrogens is 362 g/mol. The summed E-state index contributed by atoms with van der Waals surface area (Å²) in [4.78, 5) is 11.2. The highest BCUT2D eigenvalue weighted by molar-refractivity contribution is 9.10. The predicted molar refractivity (Wildman–Crippen MR) is 81.9 cm³/mol. The Balaban J connectivity index is 3.17. The van der Waals surface area contributed by atoms with Crippen LogP contribution in [-0.4, -0.2) is 32.6 Å². The van der Waals surface area contributed by atoms with E-state index in [4.69, 9.17) is 4.74 Å². The van der Waals surface area contributed by atoms with Gasteiger partial charge in [0.05, 0.1) is 16.5 Å². The van der Waals surface area contributed by atoms with Gasteiger partial charge in [-0.1, -0.05) is 20.8 Å². The van der Waals surface area contributed by atoms with Gasteiger partial charge < -0.3 is 9.84 Å². The van der Waals surface area contributed by atoms with Crippen LogP contribution in [0.3, 0.4) is 0 Å². The minimum absolute atomic E-state index is 0.0364. The summed E-state index contributed by atoms with van der Waals surface area (Å²) < 4.78 is 32.3. The Labute approximate surface area is 132 Å². The van der Waals surface area contributed by atoms with Crippen LogP contribution in [-0.2, 0) is 14.8 Å². The molecule has 8 heteroatoms. The molecule has 0 aliphatic rings. The van der Waals surface area contributed by atoms with Crippen LogP contribution in [0, 0.1) is 5.41 Å². The van der Waals surface area contributed by atoms with Gasteiger partial charge in [-0.25, -0.2) is 8.42 Å². The van der Waals surface area contributed by atoms with E-state index in [2.05, 4.69) is 20.7 Å². The lowest BCUT2D eigenvalue weighted by Crippen LogP contribution is -2.48. The third kappa shape index (κ3) is 4.42. The van der Waals surface area contributed by atoms with Crippen LogP contribution in [0.4, 0.5) is 0 Å². The van der Waals surface area contributed by atoms with Gasteiger partial charge in [-0.05, 0) is 39.5 Å². The summed E-state index contributed by atoms with van der Waals surface area (Å²) >= 11 is 3.20. The van der Waals surface area contributed by atoms with Gasteiger partial charge in [0.1, 0.15) is 11.8 Å². The number of carbonyl (C=O) groups is 1. The molecule has 0 radical (unpaired) electrons. The third-order valence-electron chi connectivity index (χ3n) is 2.82. The van der Waals surface area contributed by atoms with Gasteiger partial charge in [0, 0.05) is 0 Å². The minimum atomic E-state index is -3.95. The number of carboxylic acid groups (broad SMARTS) is 1. The van der Waals surface area contributed by atoms with E-state index in [0.29, 0.717) is 10.2 Å². The van der Waals surface area contributed by atoms with Crippen LogP contribution >= 0.6 is 15.9 Å². The second-order valence-corrected chi connectivity index (χ2v) is 8.12. The lowest BCUT2D eigenvalue weighted by Gasteiger charge is -2.27. The van der Waals surface area contributed by atoms with Gasteiger partial charge in [0.2, 0.25) is 10.0 Å². The van der Waals surface area contributed by atoms with Crippen LogP contribution < -0.4 is 9.46 Å². The number of aliphatic carboxylic acids is 1. The first-order chi connectivity index (χ1) is 9.49. The van der Waals surface area contributed by atoms with Gasteiger partial charge in [0.25, 0.3) is 0 Å². The first-order valence-corrected chi connectivity index (χ1v) is 8.35. The zero-order chi connectivity index (χ0) is 16.4. The highest BCUT2D eigenvalue weighted by Gasteiger charge is 2.35. The number of hydrogen-bond acceptors (Lipinski definition) is 4. The molecule has 0 saturated heterocycles. The third-order valence-corrected chi connectivity index (χ3v) is 4.86. The Morgan fingerprint density at radius 3 is 2.33 bits per heavy atom. The lowest BCUT2D eigenvalue weighted by molar-refractivity contribution is -0.141. The fourth-order valence-electron chi connectivity index (χ4n) is 1.64. The monoisotopic (exact) mass is 379 g/mol. The normalized spacial score (nSPS) is 13.8. The maximum Gasteiger partial charge on any atom is 0.322 e. The Morgan fingerprint density at radius 2 is 1.95 bits per heavy atom. The van der Waals surface area contributed by atoms with E-state index in [1.807, 2.05) is 0 Å². The van der Waals surface area contributed by atoms with E-state index in [1.54, 1.807) is 20.8 Å². The summed E-state index contributed by atoms with van der Waals surface area (Å²) in [5, 5.41) is 9.20. The molecule has 1 aromatic carbocycles. The molecule has 0 amide bonds. The first-order valence-electron chi connectivity index (χ1n) is 6.07. The van der Waals surface area contributed by atoms with Crippen molar-refractivity contribution in [3.05, 3.63) is 22.7 Å². The summed E-state index contributed by atoms with van der Waals surface area (Å²) in [6, 6.07) is 2.98. The lowest BCUT2D eigenvalue weighted by atomic mass is 9.88. The molecule has 1 aromatic rings. The molecule has 0 saturated carbocycles.